The van der Waals surface area contributed by atoms with Crippen LogP contribution in [0.15, 0.2) is 39.9 Å². The summed E-state index contributed by atoms with van der Waals surface area (Å²) >= 11 is 0. The van der Waals surface area contributed by atoms with Crippen molar-refractivity contribution in [3.05, 3.63) is 34.9 Å². The number of allylic oxidation sites excluding steroid dienone is 6. The van der Waals surface area contributed by atoms with E-state index in [0.29, 0.717) is 0 Å². The minimum atomic E-state index is 1.28. The largest absolute Gasteiger partial charge is 0.297 e. The zero-order valence-electron chi connectivity index (χ0n) is 8.67. The molecule has 1 heteroatoms. The highest BCUT2D eigenvalue weighted by molar-refractivity contribution is 5.73. The Bertz CT molecular complexity index is 284. The maximum atomic E-state index is 3.94. The van der Waals surface area contributed by atoms with Gasteiger partial charge in [-0.3, -0.25) is 4.99 Å². The van der Waals surface area contributed by atoms with Gasteiger partial charge in [-0.2, -0.15) is 0 Å². The molecule has 1 nitrogen and oxygen atoms in total. The van der Waals surface area contributed by atoms with Crippen LogP contribution in [0.4, 0.5) is 0 Å². The highest BCUT2D eigenvalue weighted by Gasteiger charge is 2.11. The van der Waals surface area contributed by atoms with Crippen molar-refractivity contribution in [3.63, 3.8) is 0 Å². The lowest BCUT2D eigenvalue weighted by molar-refractivity contribution is 1.40. The van der Waals surface area contributed by atoms with Crippen LogP contribution >= 0.6 is 0 Å². The molecule has 0 N–H and O–H groups in total. The van der Waals surface area contributed by atoms with Gasteiger partial charge in [-0.25, -0.2) is 0 Å². The van der Waals surface area contributed by atoms with Crippen molar-refractivity contribution in [2.75, 3.05) is 7.05 Å². The lowest BCUT2D eigenvalue weighted by Crippen LogP contribution is -1.81. The van der Waals surface area contributed by atoms with Crippen LogP contribution < -0.4 is 0 Å². The number of rotatable bonds is 3. The predicted molar refractivity (Wildman–Crippen MR) is 59.2 cm³/mol. The number of aliphatic imine (C=N–C) groups is 1. The van der Waals surface area contributed by atoms with Gasteiger partial charge in [-0.15, -0.1) is 0 Å². The Morgan fingerprint density at radius 3 is 2.54 bits per heavy atom. The molecule has 1 saturated carbocycles. The van der Waals surface area contributed by atoms with Crippen LogP contribution in [0.25, 0.3) is 0 Å². The Hall–Kier alpha value is -1.11. The van der Waals surface area contributed by atoms with Gasteiger partial charge in [-0.05, 0) is 43.9 Å². The maximum absolute atomic E-state index is 3.94. The zero-order valence-corrected chi connectivity index (χ0v) is 8.67. The van der Waals surface area contributed by atoms with E-state index in [-0.39, 0.29) is 0 Å². The van der Waals surface area contributed by atoms with Crippen LogP contribution in [0.2, 0.25) is 0 Å². The molecule has 70 valence electrons. The molecule has 0 bridgehead atoms. The summed E-state index contributed by atoms with van der Waals surface area (Å²) in [7, 11) is 1.79. The van der Waals surface area contributed by atoms with Gasteiger partial charge in [0, 0.05) is 13.3 Å². The van der Waals surface area contributed by atoms with E-state index in [4.69, 9.17) is 0 Å². The van der Waals surface area contributed by atoms with Gasteiger partial charge < -0.3 is 0 Å². The minimum Gasteiger partial charge on any atom is -0.297 e. The van der Waals surface area contributed by atoms with Crippen molar-refractivity contribution in [1.29, 1.82) is 0 Å². The van der Waals surface area contributed by atoms with Crippen molar-refractivity contribution in [2.24, 2.45) is 4.99 Å². The van der Waals surface area contributed by atoms with Gasteiger partial charge in [0.1, 0.15) is 0 Å². The predicted octanol–water partition coefficient (Wildman–Crippen LogP) is 3.30. The van der Waals surface area contributed by atoms with Gasteiger partial charge in [0.05, 0.1) is 0 Å². The third-order valence-electron chi connectivity index (χ3n) is 2.14. The summed E-state index contributed by atoms with van der Waals surface area (Å²) in [5.74, 6) is 0. The molecule has 0 saturated heterocycles. The Balaban J connectivity index is 2.71. The molecule has 0 unspecified atom stereocenters. The van der Waals surface area contributed by atoms with E-state index in [2.05, 4.69) is 37.1 Å². The molecule has 0 spiro atoms. The fourth-order valence-corrected chi connectivity index (χ4v) is 1.14. The number of hydrogen-bond acceptors (Lipinski definition) is 1. The molecule has 1 aliphatic carbocycles. The number of hydrogen-bond donors (Lipinski definition) is 0. The van der Waals surface area contributed by atoms with Gasteiger partial charge in [0.2, 0.25) is 0 Å². The lowest BCUT2D eigenvalue weighted by Gasteiger charge is -1.99. The van der Waals surface area contributed by atoms with E-state index in [1.54, 1.807) is 12.6 Å². The van der Waals surface area contributed by atoms with Gasteiger partial charge in [-0.1, -0.05) is 17.7 Å². The highest BCUT2D eigenvalue weighted by Crippen LogP contribution is 2.30. The molecular weight excluding hydrogens is 158 g/mol. The molecule has 0 amide bonds. The molecular formula is C12H17N. The summed E-state index contributed by atoms with van der Waals surface area (Å²) in [6, 6.07) is 0. The van der Waals surface area contributed by atoms with Crippen LogP contribution in [0, 0.1) is 0 Å². The first kappa shape index (κ1) is 9.97. The van der Waals surface area contributed by atoms with Crippen molar-refractivity contribution < 1.29 is 0 Å². The molecule has 0 aromatic carbocycles. The average Bonchev–Trinajstić information content (AvgIpc) is 2.93. The Morgan fingerprint density at radius 2 is 2.08 bits per heavy atom. The second-order valence-electron chi connectivity index (χ2n) is 3.30. The normalized spacial score (nSPS) is 18.2. The summed E-state index contributed by atoms with van der Waals surface area (Å²) in [4.78, 5) is 3.94. The summed E-state index contributed by atoms with van der Waals surface area (Å²) in [6.45, 7) is 4.20. The molecule has 1 aliphatic rings. The van der Waals surface area contributed by atoms with Crippen molar-refractivity contribution in [3.8, 4) is 0 Å². The Kier molecular flexibility index (Phi) is 3.69. The van der Waals surface area contributed by atoms with Gasteiger partial charge in [0.25, 0.3) is 0 Å². The summed E-state index contributed by atoms with van der Waals surface area (Å²) < 4.78 is 0. The molecule has 1 fully saturated rings. The summed E-state index contributed by atoms with van der Waals surface area (Å²) in [5, 5.41) is 0. The van der Waals surface area contributed by atoms with E-state index < -0.39 is 0 Å². The minimum absolute atomic E-state index is 1.28. The Morgan fingerprint density at radius 1 is 1.38 bits per heavy atom. The van der Waals surface area contributed by atoms with Crippen molar-refractivity contribution in [2.45, 2.75) is 26.7 Å². The van der Waals surface area contributed by atoms with Crippen molar-refractivity contribution in [1.82, 2.24) is 0 Å². The topological polar surface area (TPSA) is 12.4 Å². The smallest absolute Gasteiger partial charge is 0.0277 e. The SMILES string of the molecule is CC=C(C=C1CC1)C(C)=CC=NC. The first-order chi connectivity index (χ1) is 6.27. The van der Waals surface area contributed by atoms with E-state index >= 15 is 0 Å². The highest BCUT2D eigenvalue weighted by atomic mass is 14.6. The molecule has 0 aromatic heterocycles. The average molecular weight is 175 g/mol. The lowest BCUT2D eigenvalue weighted by atomic mass is 10.1. The second kappa shape index (κ2) is 4.80. The zero-order chi connectivity index (χ0) is 9.68. The molecule has 13 heavy (non-hydrogen) atoms. The quantitative estimate of drug-likeness (QED) is 0.461. The summed E-state index contributed by atoms with van der Waals surface area (Å²) in [6.07, 6.45) is 10.9. The maximum Gasteiger partial charge on any atom is 0.0277 e. The van der Waals surface area contributed by atoms with E-state index in [0.717, 1.165) is 0 Å². The molecule has 0 heterocycles. The van der Waals surface area contributed by atoms with Crippen LogP contribution in [0.1, 0.15) is 26.7 Å². The molecule has 0 radical (unpaired) electrons. The van der Waals surface area contributed by atoms with Crippen LogP contribution in [-0.4, -0.2) is 13.3 Å². The number of nitrogens with zero attached hydrogens (tertiary/aromatic N) is 1. The molecule has 1 rings (SSSR count). The fraction of sp³-hybridized carbons (Fsp3) is 0.417. The molecule has 0 aliphatic heterocycles. The molecule has 0 aromatic rings. The first-order valence-corrected chi connectivity index (χ1v) is 4.73. The monoisotopic (exact) mass is 175 g/mol. The third kappa shape index (κ3) is 3.41. The van der Waals surface area contributed by atoms with Gasteiger partial charge in [0.15, 0.2) is 0 Å². The van der Waals surface area contributed by atoms with Crippen LogP contribution in [-0.2, 0) is 0 Å². The van der Waals surface area contributed by atoms with E-state index in [1.807, 2.05) is 6.21 Å². The van der Waals surface area contributed by atoms with Gasteiger partial charge >= 0.3 is 0 Å². The Labute approximate surface area is 80.6 Å². The second-order valence-corrected chi connectivity index (χ2v) is 3.30. The third-order valence-corrected chi connectivity index (χ3v) is 2.14. The van der Waals surface area contributed by atoms with E-state index in [1.165, 1.54) is 24.0 Å². The van der Waals surface area contributed by atoms with Crippen molar-refractivity contribution >= 4 is 6.21 Å². The van der Waals surface area contributed by atoms with E-state index in [9.17, 15) is 0 Å². The van der Waals surface area contributed by atoms with Crippen LogP contribution in [0.5, 0.6) is 0 Å². The standard InChI is InChI=1S/C12H17N/c1-4-12(9-11-5-6-11)10(2)7-8-13-3/h4,7-9H,5-6H2,1-3H3. The molecule has 0 atom stereocenters. The van der Waals surface area contributed by atoms with Crippen LogP contribution in [0.3, 0.4) is 0 Å². The summed E-state index contributed by atoms with van der Waals surface area (Å²) in [5.41, 5.74) is 4.18. The fourth-order valence-electron chi connectivity index (χ4n) is 1.14. The first-order valence-electron chi connectivity index (χ1n) is 4.73.